The van der Waals surface area contributed by atoms with Crippen molar-refractivity contribution < 1.29 is 19.4 Å². The minimum absolute atomic E-state index is 0.0420. The summed E-state index contributed by atoms with van der Waals surface area (Å²) in [5.41, 5.74) is 0.723. The van der Waals surface area contributed by atoms with Gasteiger partial charge in [-0.3, -0.25) is 4.79 Å². The zero-order valence-corrected chi connectivity index (χ0v) is 10.2. The summed E-state index contributed by atoms with van der Waals surface area (Å²) >= 11 is 0. The molecule has 5 nitrogen and oxygen atoms in total. The molecular formula is C12H17NO4. The average molecular weight is 239 g/mol. The van der Waals surface area contributed by atoms with Crippen molar-refractivity contribution in [2.45, 2.75) is 19.4 Å². The lowest BCUT2D eigenvalue weighted by Gasteiger charge is -2.16. The molecule has 0 aliphatic carbocycles. The monoisotopic (exact) mass is 239 g/mol. The number of ether oxygens (including phenoxy) is 2. The van der Waals surface area contributed by atoms with Gasteiger partial charge < -0.3 is 19.9 Å². The van der Waals surface area contributed by atoms with Gasteiger partial charge in [-0.05, 0) is 19.1 Å². The van der Waals surface area contributed by atoms with Crippen LogP contribution >= 0.6 is 0 Å². The van der Waals surface area contributed by atoms with Gasteiger partial charge in [-0.25, -0.2) is 0 Å². The molecule has 0 spiro atoms. The highest BCUT2D eigenvalue weighted by Gasteiger charge is 2.11. The number of hydrogen-bond acceptors (Lipinski definition) is 4. The molecule has 0 fully saturated rings. The number of hydrogen-bond donors (Lipinski definition) is 2. The smallest absolute Gasteiger partial charge is 0.305 e. The van der Waals surface area contributed by atoms with Crippen molar-refractivity contribution in [2.75, 3.05) is 19.5 Å². The molecule has 0 aliphatic heterocycles. The predicted octanol–water partition coefficient (Wildman–Crippen LogP) is 1.98. The molecule has 2 N–H and O–H groups in total. The highest BCUT2D eigenvalue weighted by molar-refractivity contribution is 5.69. The molecule has 1 atom stereocenters. The van der Waals surface area contributed by atoms with E-state index >= 15 is 0 Å². The molecule has 0 aliphatic rings. The molecule has 1 aromatic carbocycles. The van der Waals surface area contributed by atoms with Gasteiger partial charge in [0.15, 0.2) is 0 Å². The van der Waals surface area contributed by atoms with E-state index in [1.807, 2.05) is 0 Å². The van der Waals surface area contributed by atoms with Gasteiger partial charge in [-0.2, -0.15) is 0 Å². The second-order valence-electron chi connectivity index (χ2n) is 3.71. The van der Waals surface area contributed by atoms with Gasteiger partial charge in [-0.15, -0.1) is 0 Å². The number of methoxy groups -OCH3 is 2. The zero-order valence-electron chi connectivity index (χ0n) is 10.2. The van der Waals surface area contributed by atoms with Gasteiger partial charge in [-0.1, -0.05) is 0 Å². The van der Waals surface area contributed by atoms with E-state index in [0.29, 0.717) is 11.5 Å². The van der Waals surface area contributed by atoms with Crippen molar-refractivity contribution in [2.24, 2.45) is 0 Å². The molecule has 1 aromatic rings. The highest BCUT2D eigenvalue weighted by atomic mass is 16.5. The Hall–Kier alpha value is -1.91. The van der Waals surface area contributed by atoms with E-state index in [1.165, 1.54) is 0 Å². The van der Waals surface area contributed by atoms with Crippen molar-refractivity contribution in [3.05, 3.63) is 18.2 Å². The average Bonchev–Trinajstić information content (AvgIpc) is 2.27. The van der Waals surface area contributed by atoms with E-state index in [0.717, 1.165) is 5.69 Å². The first-order valence-corrected chi connectivity index (χ1v) is 5.27. The molecule has 5 heteroatoms. The predicted molar refractivity (Wildman–Crippen MR) is 64.9 cm³/mol. The molecule has 1 rings (SSSR count). The van der Waals surface area contributed by atoms with E-state index in [4.69, 9.17) is 14.6 Å². The van der Waals surface area contributed by atoms with Crippen molar-refractivity contribution in [3.8, 4) is 11.5 Å². The summed E-state index contributed by atoms with van der Waals surface area (Å²) in [6, 6.07) is 5.14. The van der Waals surface area contributed by atoms with E-state index < -0.39 is 5.97 Å². The Morgan fingerprint density at radius 2 is 2.12 bits per heavy atom. The van der Waals surface area contributed by atoms with Crippen molar-refractivity contribution >= 4 is 11.7 Å². The van der Waals surface area contributed by atoms with Crippen LogP contribution in [-0.2, 0) is 4.79 Å². The third-order valence-corrected chi connectivity index (χ3v) is 2.29. The quantitative estimate of drug-likeness (QED) is 0.794. The highest BCUT2D eigenvalue weighted by Crippen LogP contribution is 2.29. The molecule has 0 amide bonds. The maximum Gasteiger partial charge on any atom is 0.305 e. The summed E-state index contributed by atoms with van der Waals surface area (Å²) in [7, 11) is 3.14. The van der Waals surface area contributed by atoms with Crippen LogP contribution in [0.5, 0.6) is 11.5 Å². The van der Waals surface area contributed by atoms with Crippen LogP contribution in [-0.4, -0.2) is 31.3 Å². The fraction of sp³-hybridized carbons (Fsp3) is 0.417. The summed E-state index contributed by atoms with van der Waals surface area (Å²) < 4.78 is 10.3. The van der Waals surface area contributed by atoms with Crippen LogP contribution in [0.25, 0.3) is 0 Å². The molecule has 0 radical (unpaired) electrons. The lowest BCUT2D eigenvalue weighted by molar-refractivity contribution is -0.137. The van der Waals surface area contributed by atoms with Crippen LogP contribution in [0.2, 0.25) is 0 Å². The van der Waals surface area contributed by atoms with Crippen LogP contribution in [0.3, 0.4) is 0 Å². The third-order valence-electron chi connectivity index (χ3n) is 2.29. The fourth-order valence-corrected chi connectivity index (χ4v) is 1.51. The topological polar surface area (TPSA) is 67.8 Å². The Kier molecular flexibility index (Phi) is 4.63. The van der Waals surface area contributed by atoms with Crippen LogP contribution in [0, 0.1) is 0 Å². The summed E-state index contributed by atoms with van der Waals surface area (Å²) in [5.74, 6) is 0.505. The molecular weight excluding hydrogens is 222 g/mol. The fourth-order valence-electron chi connectivity index (χ4n) is 1.51. The van der Waals surface area contributed by atoms with Crippen LogP contribution in [0.1, 0.15) is 13.3 Å². The SMILES string of the molecule is COc1ccc(OC)c(NC(C)CC(=O)O)c1. The zero-order chi connectivity index (χ0) is 12.8. The lowest BCUT2D eigenvalue weighted by atomic mass is 10.2. The number of carboxylic acid groups (broad SMARTS) is 1. The van der Waals surface area contributed by atoms with Crippen LogP contribution < -0.4 is 14.8 Å². The maximum absolute atomic E-state index is 10.6. The maximum atomic E-state index is 10.6. The lowest BCUT2D eigenvalue weighted by Crippen LogP contribution is -2.19. The Morgan fingerprint density at radius 1 is 1.41 bits per heavy atom. The normalized spacial score (nSPS) is 11.7. The van der Waals surface area contributed by atoms with Gasteiger partial charge >= 0.3 is 5.97 Å². The van der Waals surface area contributed by atoms with E-state index in [-0.39, 0.29) is 12.5 Å². The number of benzene rings is 1. The van der Waals surface area contributed by atoms with Crippen molar-refractivity contribution in [1.29, 1.82) is 0 Å². The minimum atomic E-state index is -0.841. The van der Waals surface area contributed by atoms with Crippen molar-refractivity contribution in [1.82, 2.24) is 0 Å². The van der Waals surface area contributed by atoms with E-state index in [1.54, 1.807) is 39.3 Å². The Morgan fingerprint density at radius 3 is 2.65 bits per heavy atom. The minimum Gasteiger partial charge on any atom is -0.497 e. The second kappa shape index (κ2) is 5.98. The van der Waals surface area contributed by atoms with Gasteiger partial charge in [0, 0.05) is 12.1 Å². The summed E-state index contributed by atoms with van der Waals surface area (Å²) in [5, 5.41) is 11.8. The van der Waals surface area contributed by atoms with E-state index in [2.05, 4.69) is 5.32 Å². The van der Waals surface area contributed by atoms with Crippen molar-refractivity contribution in [3.63, 3.8) is 0 Å². The molecule has 1 unspecified atom stereocenters. The number of nitrogens with one attached hydrogen (secondary N) is 1. The standard InChI is InChI=1S/C12H17NO4/c1-8(6-12(14)15)13-10-7-9(16-2)4-5-11(10)17-3/h4-5,7-8,13H,6H2,1-3H3,(H,14,15). The Balaban J connectivity index is 2.83. The molecule has 17 heavy (non-hydrogen) atoms. The molecule has 0 aromatic heterocycles. The van der Waals surface area contributed by atoms with Gasteiger partial charge in [0.1, 0.15) is 11.5 Å². The molecule has 94 valence electrons. The Bertz CT molecular complexity index is 392. The number of aliphatic carboxylic acids is 1. The van der Waals surface area contributed by atoms with Gasteiger partial charge in [0.25, 0.3) is 0 Å². The first kappa shape index (κ1) is 13.2. The number of carbonyl (C=O) groups is 1. The molecule has 0 saturated carbocycles. The summed E-state index contributed by atoms with van der Waals surface area (Å²) in [4.78, 5) is 10.6. The summed E-state index contributed by atoms with van der Waals surface area (Å²) in [6.07, 6.45) is 0.0420. The first-order valence-electron chi connectivity index (χ1n) is 5.27. The number of anilines is 1. The third kappa shape index (κ3) is 3.86. The van der Waals surface area contributed by atoms with Gasteiger partial charge in [0.05, 0.1) is 26.3 Å². The number of carboxylic acids is 1. The number of rotatable bonds is 6. The Labute approximate surface area is 100 Å². The first-order chi connectivity index (χ1) is 8.06. The summed E-state index contributed by atoms with van der Waals surface area (Å²) in [6.45, 7) is 1.80. The van der Waals surface area contributed by atoms with Gasteiger partial charge in [0.2, 0.25) is 0 Å². The molecule has 0 heterocycles. The van der Waals surface area contributed by atoms with Crippen LogP contribution in [0.4, 0.5) is 5.69 Å². The second-order valence-corrected chi connectivity index (χ2v) is 3.71. The largest absolute Gasteiger partial charge is 0.497 e. The molecule has 0 saturated heterocycles. The van der Waals surface area contributed by atoms with E-state index in [9.17, 15) is 4.79 Å². The van der Waals surface area contributed by atoms with Crippen LogP contribution in [0.15, 0.2) is 18.2 Å². The molecule has 0 bridgehead atoms.